The van der Waals surface area contributed by atoms with Gasteiger partial charge in [-0.2, -0.15) is 5.16 Å². The van der Waals surface area contributed by atoms with Crippen LogP contribution in [0.25, 0.3) is 21.8 Å². The van der Waals surface area contributed by atoms with Gasteiger partial charge in [-0.3, -0.25) is 19.4 Å². The molecular weight excluding hydrogens is 605 g/mol. The first-order chi connectivity index (χ1) is 21.8. The van der Waals surface area contributed by atoms with Gasteiger partial charge in [0, 0.05) is 23.5 Å². The molecule has 0 spiro atoms. The number of thiophene rings is 1. The second-order valence-electron chi connectivity index (χ2n) is 11.0. The van der Waals surface area contributed by atoms with Crippen molar-refractivity contribution in [3.63, 3.8) is 0 Å². The predicted molar refractivity (Wildman–Crippen MR) is 160 cm³/mol. The molecule has 12 heteroatoms. The fourth-order valence-corrected chi connectivity index (χ4v) is 7.06. The first kappa shape index (κ1) is 28.8. The first-order valence-electron chi connectivity index (χ1n) is 14.4. The lowest BCUT2D eigenvalue weighted by molar-refractivity contribution is 0.0776. The largest absolute Gasteiger partial charge is 0.378 e. The van der Waals surface area contributed by atoms with Gasteiger partial charge in [0.05, 0.1) is 39.5 Å². The van der Waals surface area contributed by atoms with E-state index < -0.39 is 23.1 Å². The molecule has 1 fully saturated rings. The van der Waals surface area contributed by atoms with E-state index >= 15 is 0 Å². The van der Waals surface area contributed by atoms with E-state index in [4.69, 9.17) is 9.51 Å². The number of aromatic amines is 1. The Morgan fingerprint density at radius 1 is 0.956 bits per heavy atom. The highest BCUT2D eigenvalue weighted by Crippen LogP contribution is 2.49. The normalized spacial score (nSPS) is 15.4. The molecule has 0 saturated carbocycles. The minimum absolute atomic E-state index is 0.0175. The Bertz CT molecular complexity index is 2020. The standard InChI is InChI=1S/C33H25F3N4O4S/c34-19-7-3-17(4-8-19)6-10-22-28(24-15-27(41)39-44-24)29(30-31(38-22)23-2-1-13-40(23)33(30)43)25-11-12-26(45-25)32(42)37-16-18-5-9-20(35)21(36)14-18/h3-5,7-9,11-12,14-15,23H,1-2,6,10,13,16H2,(H,37,42)(H,39,41). The van der Waals surface area contributed by atoms with Crippen molar-refractivity contribution in [2.75, 3.05) is 6.54 Å². The zero-order valence-electron chi connectivity index (χ0n) is 23.7. The summed E-state index contributed by atoms with van der Waals surface area (Å²) in [6.07, 6.45) is 2.54. The molecule has 0 radical (unpaired) electrons. The van der Waals surface area contributed by atoms with Crippen LogP contribution in [-0.4, -0.2) is 33.4 Å². The van der Waals surface area contributed by atoms with E-state index in [0.29, 0.717) is 62.8 Å². The number of aryl methyl sites for hydroxylation is 2. The van der Waals surface area contributed by atoms with Gasteiger partial charge in [-0.25, -0.2) is 13.2 Å². The van der Waals surface area contributed by atoms with Crippen LogP contribution in [0.15, 0.2) is 70.0 Å². The Morgan fingerprint density at radius 2 is 1.76 bits per heavy atom. The van der Waals surface area contributed by atoms with Crippen LogP contribution in [0.5, 0.6) is 0 Å². The summed E-state index contributed by atoms with van der Waals surface area (Å²) >= 11 is 1.16. The van der Waals surface area contributed by atoms with Crippen molar-refractivity contribution in [1.82, 2.24) is 20.4 Å². The van der Waals surface area contributed by atoms with E-state index in [0.717, 1.165) is 41.9 Å². The molecule has 2 aromatic carbocycles. The van der Waals surface area contributed by atoms with Gasteiger partial charge in [0.2, 0.25) is 0 Å². The molecule has 45 heavy (non-hydrogen) atoms. The second-order valence-corrected chi connectivity index (χ2v) is 12.1. The fraction of sp³-hybridized carbons (Fsp3) is 0.212. The number of carbonyl (C=O) groups is 2. The molecule has 0 bridgehead atoms. The monoisotopic (exact) mass is 630 g/mol. The molecule has 228 valence electrons. The molecule has 1 saturated heterocycles. The van der Waals surface area contributed by atoms with Crippen molar-refractivity contribution in [3.8, 4) is 21.8 Å². The molecule has 8 nitrogen and oxygen atoms in total. The lowest BCUT2D eigenvalue weighted by Crippen LogP contribution is -2.22. The van der Waals surface area contributed by atoms with Gasteiger partial charge in [0.25, 0.3) is 17.4 Å². The predicted octanol–water partition coefficient (Wildman–Crippen LogP) is 6.18. The molecule has 2 aliphatic heterocycles. The van der Waals surface area contributed by atoms with E-state index in [1.54, 1.807) is 24.3 Å². The number of hydrogen-bond acceptors (Lipinski definition) is 6. The molecular formula is C33H25F3N4O4S. The van der Waals surface area contributed by atoms with Crippen LogP contribution in [0.2, 0.25) is 0 Å². The Balaban J connectivity index is 1.31. The van der Waals surface area contributed by atoms with E-state index in [-0.39, 0.29) is 30.1 Å². The number of fused-ring (bicyclic) bond motifs is 3. The fourth-order valence-electron chi connectivity index (χ4n) is 6.08. The van der Waals surface area contributed by atoms with Crippen LogP contribution in [0, 0.1) is 17.5 Å². The number of aromatic nitrogens is 2. The summed E-state index contributed by atoms with van der Waals surface area (Å²) in [5.74, 6) is -2.71. The average Bonchev–Trinajstić information content (AvgIpc) is 3.84. The number of H-pyrrole nitrogens is 1. The topological polar surface area (TPSA) is 108 Å². The number of hydrogen-bond donors (Lipinski definition) is 2. The minimum Gasteiger partial charge on any atom is -0.378 e. The van der Waals surface area contributed by atoms with Crippen LogP contribution in [0.3, 0.4) is 0 Å². The van der Waals surface area contributed by atoms with E-state index in [1.807, 2.05) is 4.90 Å². The maximum absolute atomic E-state index is 13.9. The van der Waals surface area contributed by atoms with Crippen LogP contribution in [-0.2, 0) is 19.4 Å². The number of rotatable bonds is 8. The third-order valence-corrected chi connectivity index (χ3v) is 9.29. The van der Waals surface area contributed by atoms with Crippen molar-refractivity contribution in [2.24, 2.45) is 0 Å². The van der Waals surface area contributed by atoms with Gasteiger partial charge in [-0.1, -0.05) is 18.2 Å². The zero-order chi connectivity index (χ0) is 31.2. The van der Waals surface area contributed by atoms with E-state index in [1.165, 1.54) is 24.3 Å². The highest BCUT2D eigenvalue weighted by Gasteiger charge is 2.44. The summed E-state index contributed by atoms with van der Waals surface area (Å²) in [6.45, 7) is 0.581. The summed E-state index contributed by atoms with van der Waals surface area (Å²) in [4.78, 5) is 47.0. The van der Waals surface area contributed by atoms with Gasteiger partial charge in [0.1, 0.15) is 5.82 Å². The molecule has 5 heterocycles. The Morgan fingerprint density at radius 3 is 2.51 bits per heavy atom. The molecule has 5 aromatic rings. The lowest BCUT2D eigenvalue weighted by Gasteiger charge is -2.16. The van der Waals surface area contributed by atoms with Crippen molar-refractivity contribution in [2.45, 2.75) is 38.3 Å². The van der Waals surface area contributed by atoms with Crippen LogP contribution in [0.1, 0.15) is 61.4 Å². The van der Waals surface area contributed by atoms with Gasteiger partial charge in [-0.05, 0) is 73.2 Å². The number of benzene rings is 2. The van der Waals surface area contributed by atoms with Crippen molar-refractivity contribution in [3.05, 3.63) is 121 Å². The molecule has 2 N–H and O–H groups in total. The van der Waals surface area contributed by atoms with Gasteiger partial charge in [-0.15, -0.1) is 11.3 Å². The van der Waals surface area contributed by atoms with Gasteiger partial charge < -0.3 is 14.7 Å². The molecule has 3 aromatic heterocycles. The summed E-state index contributed by atoms with van der Waals surface area (Å²) in [6, 6.07) is 14.1. The number of nitrogens with zero attached hydrogens (tertiary/aromatic N) is 2. The number of pyridine rings is 1. The van der Waals surface area contributed by atoms with E-state index in [9.17, 15) is 27.6 Å². The highest BCUT2D eigenvalue weighted by atomic mass is 32.1. The van der Waals surface area contributed by atoms with Crippen LogP contribution in [0.4, 0.5) is 13.2 Å². The second kappa shape index (κ2) is 11.5. The molecule has 2 amide bonds. The smallest absolute Gasteiger partial charge is 0.280 e. The van der Waals surface area contributed by atoms with Crippen molar-refractivity contribution >= 4 is 23.2 Å². The number of amides is 2. The summed E-state index contributed by atoms with van der Waals surface area (Å²) in [5, 5.41) is 5.06. The molecule has 7 rings (SSSR count). The SMILES string of the molecule is O=C(NCc1ccc(F)c(F)c1)c1ccc(-c2c3c(nc(CCc4ccc(F)cc4)c2-c2cc(=O)[nH]o2)C2CCCN2C3=O)s1. The summed E-state index contributed by atoms with van der Waals surface area (Å²) in [7, 11) is 0. The number of carbonyl (C=O) groups excluding carboxylic acids is 2. The van der Waals surface area contributed by atoms with E-state index in [2.05, 4.69) is 10.5 Å². The summed E-state index contributed by atoms with van der Waals surface area (Å²) in [5.41, 5.74) is 3.50. The number of nitrogens with one attached hydrogen (secondary N) is 2. The maximum Gasteiger partial charge on any atom is 0.280 e. The van der Waals surface area contributed by atoms with Crippen LogP contribution >= 0.6 is 11.3 Å². The summed E-state index contributed by atoms with van der Waals surface area (Å²) < 4.78 is 46.1. The van der Waals surface area contributed by atoms with Gasteiger partial charge in [0.15, 0.2) is 17.4 Å². The quantitative estimate of drug-likeness (QED) is 0.213. The first-order valence-corrected chi connectivity index (χ1v) is 15.2. The third kappa shape index (κ3) is 5.35. The minimum atomic E-state index is -1.00. The molecule has 0 aliphatic carbocycles. The third-order valence-electron chi connectivity index (χ3n) is 8.19. The Kier molecular flexibility index (Phi) is 7.36. The van der Waals surface area contributed by atoms with Crippen molar-refractivity contribution < 1.29 is 27.3 Å². The number of halogens is 3. The lowest BCUT2D eigenvalue weighted by atomic mass is 9.92. The highest BCUT2D eigenvalue weighted by molar-refractivity contribution is 7.17. The molecule has 1 unspecified atom stereocenters. The Hall–Kier alpha value is -4.97. The van der Waals surface area contributed by atoms with Gasteiger partial charge >= 0.3 is 0 Å². The Labute approximate surface area is 258 Å². The average molecular weight is 631 g/mol. The maximum atomic E-state index is 13.9. The molecule has 1 atom stereocenters. The van der Waals surface area contributed by atoms with Crippen molar-refractivity contribution in [1.29, 1.82) is 0 Å². The molecule has 2 aliphatic rings. The zero-order valence-corrected chi connectivity index (χ0v) is 24.5. The van der Waals surface area contributed by atoms with Crippen LogP contribution < -0.4 is 10.9 Å².